The summed E-state index contributed by atoms with van der Waals surface area (Å²) in [5.41, 5.74) is 1.04. The molecule has 0 atom stereocenters. The molecule has 0 radical (unpaired) electrons. The molecule has 2 aromatic rings. The van der Waals surface area contributed by atoms with Crippen LogP contribution in [0.5, 0.6) is 0 Å². The first-order valence-corrected chi connectivity index (χ1v) is 5.14. The van der Waals surface area contributed by atoms with Gasteiger partial charge in [-0.1, -0.05) is 23.7 Å². The molecule has 1 aromatic heterocycles. The van der Waals surface area contributed by atoms with E-state index in [1.54, 1.807) is 11.3 Å². The Morgan fingerprint density at radius 1 is 1.46 bits per heavy atom. The van der Waals surface area contributed by atoms with Crippen molar-refractivity contribution in [2.24, 2.45) is 0 Å². The number of nitrogens with zero attached hydrogens (tertiary/aromatic N) is 1. The summed E-state index contributed by atoms with van der Waals surface area (Å²) in [6.45, 7) is 1.85. The number of rotatable bonds is 1. The average molecular weight is 210 g/mol. The van der Waals surface area contributed by atoms with E-state index in [1.807, 2.05) is 31.2 Å². The number of para-hydroxylation sites is 1. The van der Waals surface area contributed by atoms with Crippen LogP contribution in [0, 0.1) is 0 Å². The lowest BCUT2D eigenvalue weighted by Crippen LogP contribution is -1.68. The predicted molar refractivity (Wildman–Crippen MR) is 59.1 cm³/mol. The van der Waals surface area contributed by atoms with Gasteiger partial charge in [-0.2, -0.15) is 0 Å². The van der Waals surface area contributed by atoms with Gasteiger partial charge in [0.25, 0.3) is 0 Å². The molecule has 0 amide bonds. The zero-order valence-corrected chi connectivity index (χ0v) is 8.69. The van der Waals surface area contributed by atoms with Gasteiger partial charge in [-0.05, 0) is 25.1 Å². The molecule has 1 nitrogen and oxygen atoms in total. The summed E-state index contributed by atoms with van der Waals surface area (Å²) in [7, 11) is 0. The molecule has 0 aliphatic heterocycles. The van der Waals surface area contributed by atoms with Crippen LogP contribution in [0.3, 0.4) is 0 Å². The minimum atomic E-state index is 0.763. The van der Waals surface area contributed by atoms with Crippen LogP contribution >= 0.6 is 22.9 Å². The summed E-state index contributed by atoms with van der Waals surface area (Å²) in [6, 6.07) is 8.07. The van der Waals surface area contributed by atoms with Gasteiger partial charge in [-0.25, -0.2) is 4.98 Å². The first-order chi connectivity index (χ1) is 6.25. The fraction of sp³-hybridized carbons (Fsp3) is 0.100. The van der Waals surface area contributed by atoms with Crippen LogP contribution in [0.4, 0.5) is 0 Å². The van der Waals surface area contributed by atoms with Crippen molar-refractivity contribution >= 4 is 39.2 Å². The number of aromatic nitrogens is 1. The smallest absolute Gasteiger partial charge is 0.118 e. The Morgan fingerprint density at radius 3 is 2.92 bits per heavy atom. The molecular formula is C10H8ClNS. The molecule has 0 fully saturated rings. The van der Waals surface area contributed by atoms with E-state index >= 15 is 0 Å². The minimum Gasteiger partial charge on any atom is -0.237 e. The van der Waals surface area contributed by atoms with Crippen LogP contribution in [0.1, 0.15) is 11.9 Å². The fourth-order valence-corrected chi connectivity index (χ4v) is 2.26. The third kappa shape index (κ3) is 1.90. The van der Waals surface area contributed by atoms with E-state index in [0.29, 0.717) is 0 Å². The molecule has 66 valence electrons. The van der Waals surface area contributed by atoms with E-state index in [1.165, 1.54) is 4.70 Å². The maximum Gasteiger partial charge on any atom is 0.118 e. The number of thiazole rings is 1. The first kappa shape index (κ1) is 8.73. The Balaban J connectivity index is 2.56. The molecule has 0 N–H and O–H groups in total. The summed E-state index contributed by atoms with van der Waals surface area (Å²) in [5.74, 6) is 0. The highest BCUT2D eigenvalue weighted by molar-refractivity contribution is 7.19. The van der Waals surface area contributed by atoms with Crippen LogP contribution in [0.2, 0.25) is 0 Å². The number of allylic oxidation sites excluding steroid dienone is 1. The average Bonchev–Trinajstić information content (AvgIpc) is 2.44. The maximum absolute atomic E-state index is 5.77. The molecular weight excluding hydrogens is 202 g/mol. The fourth-order valence-electron chi connectivity index (χ4n) is 1.12. The zero-order valence-electron chi connectivity index (χ0n) is 7.12. The first-order valence-electron chi connectivity index (χ1n) is 3.95. The Labute approximate surface area is 85.7 Å². The van der Waals surface area contributed by atoms with Crippen LogP contribution < -0.4 is 0 Å². The van der Waals surface area contributed by atoms with Gasteiger partial charge in [0.1, 0.15) is 5.01 Å². The van der Waals surface area contributed by atoms with E-state index in [4.69, 9.17) is 11.6 Å². The van der Waals surface area contributed by atoms with E-state index in [2.05, 4.69) is 11.1 Å². The maximum atomic E-state index is 5.77. The molecule has 0 spiro atoms. The lowest BCUT2D eigenvalue weighted by Gasteiger charge is -1.81. The Morgan fingerprint density at radius 2 is 2.23 bits per heavy atom. The van der Waals surface area contributed by atoms with Crippen LogP contribution in [0.25, 0.3) is 16.3 Å². The summed E-state index contributed by atoms with van der Waals surface area (Å²) < 4.78 is 1.20. The lowest BCUT2D eigenvalue weighted by molar-refractivity contribution is 1.46. The number of benzene rings is 1. The summed E-state index contributed by atoms with van der Waals surface area (Å²) in [5, 5.41) is 1.73. The molecule has 0 aliphatic carbocycles. The third-order valence-electron chi connectivity index (χ3n) is 1.63. The van der Waals surface area contributed by atoms with Gasteiger partial charge in [-0.15, -0.1) is 11.3 Å². The molecule has 2 rings (SSSR count). The van der Waals surface area contributed by atoms with Crippen LogP contribution in [-0.2, 0) is 0 Å². The second-order valence-corrected chi connectivity index (χ2v) is 4.41. The highest BCUT2D eigenvalue weighted by Gasteiger charge is 1.99. The van der Waals surface area contributed by atoms with Gasteiger partial charge in [0.05, 0.1) is 10.2 Å². The van der Waals surface area contributed by atoms with E-state index < -0.39 is 0 Å². The van der Waals surface area contributed by atoms with E-state index in [0.717, 1.165) is 15.6 Å². The second-order valence-electron chi connectivity index (χ2n) is 2.75. The van der Waals surface area contributed by atoms with E-state index in [9.17, 15) is 0 Å². The molecule has 13 heavy (non-hydrogen) atoms. The van der Waals surface area contributed by atoms with Crippen molar-refractivity contribution in [2.75, 3.05) is 0 Å². The molecule has 1 heterocycles. The summed E-state index contributed by atoms with van der Waals surface area (Å²) in [4.78, 5) is 4.41. The van der Waals surface area contributed by atoms with Gasteiger partial charge in [0.15, 0.2) is 0 Å². The normalized spacial score (nSPS) is 12.3. The van der Waals surface area contributed by atoms with Crippen molar-refractivity contribution in [1.82, 2.24) is 4.98 Å². The highest BCUT2D eigenvalue weighted by Crippen LogP contribution is 2.23. The number of halogens is 1. The van der Waals surface area contributed by atoms with Crippen LogP contribution in [-0.4, -0.2) is 4.98 Å². The summed E-state index contributed by atoms with van der Waals surface area (Å²) in [6.07, 6.45) is 1.88. The number of hydrogen-bond donors (Lipinski definition) is 0. The van der Waals surface area contributed by atoms with Crippen molar-refractivity contribution in [3.8, 4) is 0 Å². The molecule has 1 aromatic carbocycles. The Kier molecular flexibility index (Phi) is 2.34. The van der Waals surface area contributed by atoms with Gasteiger partial charge in [0.2, 0.25) is 0 Å². The van der Waals surface area contributed by atoms with Crippen molar-refractivity contribution in [3.05, 3.63) is 34.3 Å². The lowest BCUT2D eigenvalue weighted by atomic mass is 10.3. The topological polar surface area (TPSA) is 12.9 Å². The number of hydrogen-bond acceptors (Lipinski definition) is 2. The third-order valence-corrected chi connectivity index (χ3v) is 2.73. The Hall–Kier alpha value is -0.860. The van der Waals surface area contributed by atoms with E-state index in [-0.39, 0.29) is 0 Å². The van der Waals surface area contributed by atoms with Gasteiger partial charge in [-0.3, -0.25) is 0 Å². The highest BCUT2D eigenvalue weighted by atomic mass is 35.5. The van der Waals surface area contributed by atoms with Crippen molar-refractivity contribution in [1.29, 1.82) is 0 Å². The van der Waals surface area contributed by atoms with Gasteiger partial charge < -0.3 is 0 Å². The van der Waals surface area contributed by atoms with Crippen molar-refractivity contribution in [3.63, 3.8) is 0 Å². The summed E-state index contributed by atoms with van der Waals surface area (Å²) >= 11 is 7.42. The zero-order chi connectivity index (χ0) is 9.26. The van der Waals surface area contributed by atoms with Gasteiger partial charge in [0, 0.05) is 5.03 Å². The minimum absolute atomic E-state index is 0.763. The molecule has 3 heteroatoms. The predicted octanol–water partition coefficient (Wildman–Crippen LogP) is 3.90. The molecule has 0 bridgehead atoms. The Bertz CT molecular complexity index is 422. The molecule has 0 unspecified atom stereocenters. The standard InChI is InChI=1S/C10H8ClNS/c1-7(11)6-10-12-8-4-2-3-5-9(8)13-10/h2-6H,1H3/b7-6-. The molecule has 0 aliphatic rings. The second kappa shape index (κ2) is 3.48. The van der Waals surface area contributed by atoms with Gasteiger partial charge >= 0.3 is 0 Å². The largest absolute Gasteiger partial charge is 0.237 e. The monoisotopic (exact) mass is 209 g/mol. The SMILES string of the molecule is C/C(Cl)=C/c1nc2ccccc2s1. The van der Waals surface area contributed by atoms with Crippen molar-refractivity contribution < 1.29 is 0 Å². The molecule has 0 saturated heterocycles. The number of fused-ring (bicyclic) bond motifs is 1. The van der Waals surface area contributed by atoms with Crippen LogP contribution in [0.15, 0.2) is 29.3 Å². The molecule has 0 saturated carbocycles. The quantitative estimate of drug-likeness (QED) is 0.694. The van der Waals surface area contributed by atoms with Crippen molar-refractivity contribution in [2.45, 2.75) is 6.92 Å².